The van der Waals surface area contributed by atoms with Crippen LogP contribution in [0.3, 0.4) is 0 Å². The predicted octanol–water partition coefficient (Wildman–Crippen LogP) is 1.77. The molecule has 1 fully saturated rings. The van der Waals surface area contributed by atoms with Crippen molar-refractivity contribution in [2.24, 2.45) is 0 Å². The summed E-state index contributed by atoms with van der Waals surface area (Å²) >= 11 is 0. The Morgan fingerprint density at radius 1 is 1.29 bits per heavy atom. The zero-order valence-electron chi connectivity index (χ0n) is 13.6. The van der Waals surface area contributed by atoms with E-state index in [9.17, 15) is 0 Å². The highest BCUT2D eigenvalue weighted by molar-refractivity contribution is 5.67. The maximum absolute atomic E-state index is 6.17. The van der Waals surface area contributed by atoms with Gasteiger partial charge in [-0.3, -0.25) is 0 Å². The van der Waals surface area contributed by atoms with Gasteiger partial charge in [0.2, 0.25) is 5.88 Å². The van der Waals surface area contributed by atoms with Crippen LogP contribution in [0.5, 0.6) is 5.88 Å². The molecule has 1 heterocycles. The molecule has 0 spiro atoms. The Hall–Kier alpha value is -1.56. The number of aromatic nitrogens is 2. The molecule has 1 aromatic heterocycles. The fourth-order valence-electron chi connectivity index (χ4n) is 2.84. The van der Waals surface area contributed by atoms with Gasteiger partial charge in [-0.15, -0.1) is 0 Å². The molecule has 0 radical (unpaired) electrons. The average molecular weight is 293 g/mol. The summed E-state index contributed by atoms with van der Waals surface area (Å²) in [4.78, 5) is 12.9. The number of nitrogens with two attached hydrogens (primary N) is 1. The Bertz CT molecular complexity index is 473. The quantitative estimate of drug-likeness (QED) is 0.826. The van der Waals surface area contributed by atoms with Crippen LogP contribution in [0, 0.1) is 0 Å². The number of nitrogen functional groups attached to an aromatic ring is 1. The van der Waals surface area contributed by atoms with Crippen molar-refractivity contribution in [2.45, 2.75) is 38.1 Å². The fourth-order valence-corrected chi connectivity index (χ4v) is 2.84. The van der Waals surface area contributed by atoms with Gasteiger partial charge in [0.05, 0.1) is 6.61 Å². The zero-order chi connectivity index (χ0) is 15.5. The van der Waals surface area contributed by atoms with E-state index in [1.807, 2.05) is 7.05 Å². The van der Waals surface area contributed by atoms with Crippen LogP contribution in [-0.4, -0.2) is 54.7 Å². The highest BCUT2D eigenvalue weighted by atomic mass is 16.5. The van der Waals surface area contributed by atoms with Crippen LogP contribution < -0.4 is 15.4 Å². The predicted molar refractivity (Wildman–Crippen MR) is 85.8 cm³/mol. The molecule has 2 N–H and O–H groups in total. The summed E-state index contributed by atoms with van der Waals surface area (Å²) in [6.45, 7) is 3.59. The van der Waals surface area contributed by atoms with Crippen molar-refractivity contribution in [2.75, 3.05) is 44.9 Å². The summed E-state index contributed by atoms with van der Waals surface area (Å²) < 4.78 is 5.58. The molecule has 1 aliphatic rings. The third-order valence-electron chi connectivity index (χ3n) is 4.40. The molecule has 0 atom stereocenters. The summed E-state index contributed by atoms with van der Waals surface area (Å²) in [7, 11) is 6.32. The number of likely N-dealkylation sites (N-methyl/N-ethyl adjacent to an activating group) is 2. The zero-order valence-corrected chi connectivity index (χ0v) is 13.6. The van der Waals surface area contributed by atoms with Crippen molar-refractivity contribution in [3.8, 4) is 5.88 Å². The van der Waals surface area contributed by atoms with Crippen LogP contribution in [0.2, 0.25) is 0 Å². The van der Waals surface area contributed by atoms with Gasteiger partial charge in [-0.25, -0.2) is 4.98 Å². The first kappa shape index (κ1) is 15.8. The molecule has 1 saturated carbocycles. The first-order chi connectivity index (χ1) is 10.00. The molecular weight excluding hydrogens is 266 g/mol. The normalized spacial score (nSPS) is 16.6. The third kappa shape index (κ3) is 3.20. The molecule has 21 heavy (non-hydrogen) atoms. The second-order valence-electron chi connectivity index (χ2n) is 6.09. The molecule has 0 unspecified atom stereocenters. The van der Waals surface area contributed by atoms with E-state index in [2.05, 4.69) is 40.8 Å². The van der Waals surface area contributed by atoms with Gasteiger partial charge in [-0.1, -0.05) is 6.92 Å². The molecular formula is C15H27N5O. The molecule has 1 aromatic rings. The van der Waals surface area contributed by atoms with Crippen LogP contribution >= 0.6 is 0 Å². The van der Waals surface area contributed by atoms with Crippen LogP contribution in [0.4, 0.5) is 11.5 Å². The van der Waals surface area contributed by atoms with Gasteiger partial charge >= 0.3 is 0 Å². The minimum Gasteiger partial charge on any atom is -0.476 e. The van der Waals surface area contributed by atoms with Gasteiger partial charge in [0.25, 0.3) is 0 Å². The average Bonchev–Trinajstić information content (AvgIpc) is 2.41. The molecule has 2 rings (SSSR count). The van der Waals surface area contributed by atoms with E-state index in [4.69, 9.17) is 10.5 Å². The molecule has 0 aliphatic heterocycles. The Morgan fingerprint density at radius 2 is 2.00 bits per heavy atom. The smallest absolute Gasteiger partial charge is 0.242 e. The lowest BCUT2D eigenvalue weighted by atomic mass is 9.75. The number of hydrogen-bond acceptors (Lipinski definition) is 6. The highest BCUT2D eigenvalue weighted by Crippen LogP contribution is 2.38. The molecule has 0 aromatic carbocycles. The summed E-state index contributed by atoms with van der Waals surface area (Å²) in [6, 6.07) is 0. The van der Waals surface area contributed by atoms with E-state index in [0.29, 0.717) is 18.2 Å². The fraction of sp³-hybridized carbons (Fsp3) is 0.733. The maximum atomic E-state index is 6.17. The van der Waals surface area contributed by atoms with E-state index in [-0.39, 0.29) is 5.54 Å². The van der Waals surface area contributed by atoms with Crippen molar-refractivity contribution in [1.82, 2.24) is 14.9 Å². The first-order valence-electron chi connectivity index (χ1n) is 7.62. The maximum Gasteiger partial charge on any atom is 0.242 e. The second kappa shape index (κ2) is 6.47. The van der Waals surface area contributed by atoms with Crippen LogP contribution in [0.1, 0.15) is 32.6 Å². The molecule has 6 heteroatoms. The van der Waals surface area contributed by atoms with E-state index in [1.165, 1.54) is 25.6 Å². The molecule has 0 amide bonds. The number of nitrogens with zero attached hydrogens (tertiary/aromatic N) is 4. The summed E-state index contributed by atoms with van der Waals surface area (Å²) in [5.41, 5.74) is 6.94. The number of hydrogen-bond donors (Lipinski definition) is 1. The van der Waals surface area contributed by atoms with Gasteiger partial charge < -0.3 is 20.3 Å². The minimum absolute atomic E-state index is 0.233. The molecule has 0 bridgehead atoms. The number of rotatable bonds is 7. The number of anilines is 2. The highest BCUT2D eigenvalue weighted by Gasteiger charge is 2.40. The Kier molecular flexibility index (Phi) is 4.88. The number of ether oxygens (including phenoxy) is 1. The Labute approximate surface area is 127 Å². The third-order valence-corrected chi connectivity index (χ3v) is 4.40. The summed E-state index contributed by atoms with van der Waals surface area (Å²) in [5, 5.41) is 0. The molecule has 1 aliphatic carbocycles. The van der Waals surface area contributed by atoms with Crippen molar-refractivity contribution in [3.05, 3.63) is 6.33 Å². The Balaban J connectivity index is 2.13. The van der Waals surface area contributed by atoms with Gasteiger partial charge in [0.1, 0.15) is 12.0 Å². The van der Waals surface area contributed by atoms with Crippen molar-refractivity contribution in [1.29, 1.82) is 0 Å². The second-order valence-corrected chi connectivity index (χ2v) is 6.09. The van der Waals surface area contributed by atoms with Gasteiger partial charge in [0.15, 0.2) is 5.82 Å². The first-order valence-corrected chi connectivity index (χ1v) is 7.62. The monoisotopic (exact) mass is 293 g/mol. The van der Waals surface area contributed by atoms with Crippen molar-refractivity contribution < 1.29 is 4.74 Å². The van der Waals surface area contributed by atoms with Crippen molar-refractivity contribution >= 4 is 11.5 Å². The summed E-state index contributed by atoms with van der Waals surface area (Å²) in [5.74, 6) is 1.24. The van der Waals surface area contributed by atoms with Crippen LogP contribution in [0.15, 0.2) is 6.33 Å². The molecule has 0 saturated heterocycles. The van der Waals surface area contributed by atoms with Gasteiger partial charge in [-0.2, -0.15) is 4.98 Å². The van der Waals surface area contributed by atoms with E-state index >= 15 is 0 Å². The van der Waals surface area contributed by atoms with E-state index in [1.54, 1.807) is 0 Å². The van der Waals surface area contributed by atoms with Crippen LogP contribution in [0.25, 0.3) is 0 Å². The lowest BCUT2D eigenvalue weighted by molar-refractivity contribution is 0.0682. The lowest BCUT2D eigenvalue weighted by Gasteiger charge is -2.49. The summed E-state index contributed by atoms with van der Waals surface area (Å²) in [6.07, 6.45) is 6.17. The van der Waals surface area contributed by atoms with Gasteiger partial charge in [-0.05, 0) is 39.8 Å². The molecule has 118 valence electrons. The molecule has 6 nitrogen and oxygen atoms in total. The largest absolute Gasteiger partial charge is 0.476 e. The van der Waals surface area contributed by atoms with E-state index < -0.39 is 0 Å². The standard InChI is InChI=1S/C15H27N5O/c1-5-9-21-14-12(16)13(17-11-18-14)20(4)10-15(19(2)3)7-6-8-15/h11H,5-10,16H2,1-4H3. The Morgan fingerprint density at radius 3 is 2.52 bits per heavy atom. The van der Waals surface area contributed by atoms with Gasteiger partial charge in [0, 0.05) is 19.1 Å². The van der Waals surface area contributed by atoms with Crippen molar-refractivity contribution in [3.63, 3.8) is 0 Å². The lowest BCUT2D eigenvalue weighted by Crippen LogP contribution is -2.57. The van der Waals surface area contributed by atoms with Crippen LogP contribution in [-0.2, 0) is 0 Å². The van der Waals surface area contributed by atoms with E-state index in [0.717, 1.165) is 18.8 Å². The SMILES string of the molecule is CCCOc1ncnc(N(C)CC2(N(C)C)CCC2)c1N. The minimum atomic E-state index is 0.233. The topological polar surface area (TPSA) is 67.5 Å².